The number of nitrogens with zero attached hydrogens (tertiary/aromatic N) is 1. The lowest BCUT2D eigenvalue weighted by molar-refractivity contribution is 0.0167. The van der Waals surface area contributed by atoms with Crippen LogP contribution < -0.4 is 16.4 Å². The minimum atomic E-state index is -0.684. The average Bonchev–Trinajstić information content (AvgIpc) is 2.78. The van der Waals surface area contributed by atoms with Crippen LogP contribution in [0.4, 0.5) is 10.8 Å². The fourth-order valence-electron chi connectivity index (χ4n) is 2.40. The SMILES string of the molecule is CNC(=O)c1c(N)nsc1NCC1(O)CCCCC1. The number of nitrogens with two attached hydrogens (primary N) is 1. The molecule has 1 saturated carbocycles. The Morgan fingerprint density at radius 2 is 2.16 bits per heavy atom. The molecule has 106 valence electrons. The van der Waals surface area contributed by atoms with Gasteiger partial charge in [0.15, 0.2) is 5.82 Å². The fourth-order valence-corrected chi connectivity index (χ4v) is 3.11. The first-order valence-electron chi connectivity index (χ1n) is 6.49. The van der Waals surface area contributed by atoms with E-state index in [-0.39, 0.29) is 11.7 Å². The first kappa shape index (κ1) is 14.1. The van der Waals surface area contributed by atoms with E-state index in [2.05, 4.69) is 15.0 Å². The molecule has 5 N–H and O–H groups in total. The Balaban J connectivity index is 2.05. The summed E-state index contributed by atoms with van der Waals surface area (Å²) in [5, 5.41) is 16.7. The predicted octanol–water partition coefficient (Wildman–Crippen LogP) is 1.19. The zero-order chi connectivity index (χ0) is 13.9. The van der Waals surface area contributed by atoms with Gasteiger partial charge < -0.3 is 21.5 Å². The van der Waals surface area contributed by atoms with Crippen LogP contribution in [-0.2, 0) is 0 Å². The third kappa shape index (κ3) is 3.16. The van der Waals surface area contributed by atoms with E-state index in [4.69, 9.17) is 5.73 Å². The number of hydrogen-bond donors (Lipinski definition) is 4. The zero-order valence-electron chi connectivity index (χ0n) is 11.0. The molecule has 1 aromatic heterocycles. The summed E-state index contributed by atoms with van der Waals surface area (Å²) in [6.07, 6.45) is 4.86. The van der Waals surface area contributed by atoms with Gasteiger partial charge in [0.1, 0.15) is 10.6 Å². The van der Waals surface area contributed by atoms with Crippen LogP contribution in [-0.4, -0.2) is 34.6 Å². The van der Waals surface area contributed by atoms with E-state index in [0.29, 0.717) is 17.1 Å². The number of hydrogen-bond acceptors (Lipinski definition) is 6. The van der Waals surface area contributed by atoms with E-state index in [0.717, 1.165) is 37.2 Å². The predicted molar refractivity (Wildman–Crippen MR) is 76.4 cm³/mol. The standard InChI is InChI=1S/C12H20N4O2S/c1-14-10(17)8-9(13)16-19-11(8)15-7-12(18)5-3-2-4-6-12/h15,18H,2-7H2,1H3,(H2,13,16)(H,14,17). The fraction of sp³-hybridized carbons (Fsp3) is 0.667. The van der Waals surface area contributed by atoms with Gasteiger partial charge >= 0.3 is 0 Å². The molecule has 0 atom stereocenters. The third-order valence-corrected chi connectivity index (χ3v) is 4.35. The molecule has 0 spiro atoms. The third-order valence-electron chi connectivity index (χ3n) is 3.53. The van der Waals surface area contributed by atoms with Crippen LogP contribution in [0.5, 0.6) is 0 Å². The smallest absolute Gasteiger partial charge is 0.257 e. The minimum absolute atomic E-state index is 0.225. The van der Waals surface area contributed by atoms with Crippen molar-refractivity contribution in [2.45, 2.75) is 37.7 Å². The van der Waals surface area contributed by atoms with Crippen LogP contribution in [0.25, 0.3) is 0 Å². The summed E-state index contributed by atoms with van der Waals surface area (Å²) in [5.74, 6) is -0.0353. The van der Waals surface area contributed by atoms with Crippen LogP contribution in [0, 0.1) is 0 Å². The van der Waals surface area contributed by atoms with Crippen LogP contribution in [0.15, 0.2) is 0 Å². The van der Waals surface area contributed by atoms with E-state index < -0.39 is 5.60 Å². The van der Waals surface area contributed by atoms with Crippen LogP contribution in [0.2, 0.25) is 0 Å². The van der Waals surface area contributed by atoms with Crippen molar-refractivity contribution in [3.8, 4) is 0 Å². The summed E-state index contributed by atoms with van der Waals surface area (Å²) in [7, 11) is 1.55. The van der Waals surface area contributed by atoms with Gasteiger partial charge in [0.25, 0.3) is 5.91 Å². The number of anilines is 2. The molecule has 1 aliphatic rings. The van der Waals surface area contributed by atoms with Crippen molar-refractivity contribution in [3.05, 3.63) is 5.56 Å². The Hall–Kier alpha value is -1.34. The molecule has 0 aromatic carbocycles. The van der Waals surface area contributed by atoms with Crippen LogP contribution in [0.1, 0.15) is 42.5 Å². The maximum absolute atomic E-state index is 11.7. The molecule has 1 aromatic rings. The van der Waals surface area contributed by atoms with Gasteiger partial charge in [-0.2, -0.15) is 4.37 Å². The molecule has 1 fully saturated rings. The maximum Gasteiger partial charge on any atom is 0.257 e. The molecule has 1 heterocycles. The normalized spacial score (nSPS) is 18.0. The molecule has 0 aliphatic heterocycles. The van der Waals surface area contributed by atoms with Crippen molar-refractivity contribution >= 4 is 28.3 Å². The van der Waals surface area contributed by atoms with Crippen molar-refractivity contribution in [2.75, 3.05) is 24.6 Å². The number of aromatic nitrogens is 1. The zero-order valence-corrected chi connectivity index (χ0v) is 11.8. The number of aliphatic hydroxyl groups is 1. The Morgan fingerprint density at radius 3 is 2.79 bits per heavy atom. The molecule has 6 nitrogen and oxygen atoms in total. The average molecular weight is 284 g/mol. The summed E-state index contributed by atoms with van der Waals surface area (Å²) >= 11 is 1.15. The highest BCUT2D eigenvalue weighted by Crippen LogP contribution is 2.31. The molecule has 2 rings (SSSR count). The van der Waals surface area contributed by atoms with E-state index in [9.17, 15) is 9.90 Å². The molecule has 7 heteroatoms. The first-order chi connectivity index (χ1) is 9.06. The highest BCUT2D eigenvalue weighted by Gasteiger charge is 2.30. The minimum Gasteiger partial charge on any atom is -0.388 e. The van der Waals surface area contributed by atoms with Crippen molar-refractivity contribution in [1.29, 1.82) is 0 Å². The summed E-state index contributed by atoms with van der Waals surface area (Å²) in [4.78, 5) is 11.7. The summed E-state index contributed by atoms with van der Waals surface area (Å²) in [6, 6.07) is 0. The van der Waals surface area contributed by atoms with Gasteiger partial charge in [-0.25, -0.2) is 0 Å². The summed E-state index contributed by atoms with van der Waals surface area (Å²) in [5.41, 5.74) is 5.38. The van der Waals surface area contributed by atoms with Crippen molar-refractivity contribution in [3.63, 3.8) is 0 Å². The van der Waals surface area contributed by atoms with Crippen molar-refractivity contribution in [2.24, 2.45) is 0 Å². The van der Waals surface area contributed by atoms with Gasteiger partial charge in [0.05, 0.1) is 5.60 Å². The maximum atomic E-state index is 11.7. The van der Waals surface area contributed by atoms with E-state index >= 15 is 0 Å². The first-order valence-corrected chi connectivity index (χ1v) is 7.26. The summed E-state index contributed by atoms with van der Waals surface area (Å²) in [6.45, 7) is 0.429. The Morgan fingerprint density at radius 1 is 1.47 bits per heavy atom. The molecule has 1 aliphatic carbocycles. The quantitative estimate of drug-likeness (QED) is 0.665. The molecule has 0 radical (unpaired) electrons. The number of carbonyl (C=O) groups is 1. The number of carbonyl (C=O) groups excluding carboxylic acids is 1. The number of amides is 1. The second kappa shape index (κ2) is 5.75. The highest BCUT2D eigenvalue weighted by atomic mass is 32.1. The number of rotatable bonds is 4. The van der Waals surface area contributed by atoms with E-state index in [1.54, 1.807) is 7.05 Å². The Kier molecular flexibility index (Phi) is 4.26. The monoisotopic (exact) mass is 284 g/mol. The molecule has 1 amide bonds. The van der Waals surface area contributed by atoms with Gasteiger partial charge in [-0.05, 0) is 24.4 Å². The van der Waals surface area contributed by atoms with E-state index in [1.165, 1.54) is 6.42 Å². The second-order valence-corrected chi connectivity index (χ2v) is 5.76. The van der Waals surface area contributed by atoms with Gasteiger partial charge in [0, 0.05) is 13.6 Å². The lowest BCUT2D eigenvalue weighted by Gasteiger charge is -2.32. The highest BCUT2D eigenvalue weighted by molar-refractivity contribution is 7.11. The largest absolute Gasteiger partial charge is 0.388 e. The number of nitrogen functional groups attached to an aromatic ring is 1. The van der Waals surface area contributed by atoms with Crippen LogP contribution >= 0.6 is 11.5 Å². The van der Waals surface area contributed by atoms with Gasteiger partial charge in [-0.1, -0.05) is 19.3 Å². The Labute approximate surface area is 116 Å². The molecular weight excluding hydrogens is 264 g/mol. The second-order valence-electron chi connectivity index (χ2n) is 4.99. The molecule has 0 unspecified atom stereocenters. The molecule has 0 bridgehead atoms. The summed E-state index contributed by atoms with van der Waals surface area (Å²) < 4.78 is 3.99. The van der Waals surface area contributed by atoms with Gasteiger partial charge in [-0.3, -0.25) is 4.79 Å². The Bertz CT molecular complexity index is 455. The van der Waals surface area contributed by atoms with Crippen LogP contribution in [0.3, 0.4) is 0 Å². The lowest BCUT2D eigenvalue weighted by Crippen LogP contribution is -2.39. The lowest BCUT2D eigenvalue weighted by atomic mass is 9.85. The van der Waals surface area contributed by atoms with Crippen molar-refractivity contribution in [1.82, 2.24) is 9.69 Å². The topological polar surface area (TPSA) is 100 Å². The van der Waals surface area contributed by atoms with Crippen molar-refractivity contribution < 1.29 is 9.90 Å². The molecular formula is C12H20N4O2S. The molecule has 19 heavy (non-hydrogen) atoms. The van der Waals surface area contributed by atoms with Gasteiger partial charge in [-0.15, -0.1) is 0 Å². The molecule has 0 saturated heterocycles. The van der Waals surface area contributed by atoms with Gasteiger partial charge in [0.2, 0.25) is 0 Å². The number of nitrogens with one attached hydrogen (secondary N) is 2. The van der Waals surface area contributed by atoms with E-state index in [1.807, 2.05) is 0 Å².